The summed E-state index contributed by atoms with van der Waals surface area (Å²) in [5.74, 6) is -1.29. The number of carbonyl (C=O) groups is 2. The third-order valence-electron chi connectivity index (χ3n) is 2.54. The summed E-state index contributed by atoms with van der Waals surface area (Å²) in [5.41, 5.74) is 5.04. The first-order chi connectivity index (χ1) is 7.70. The van der Waals surface area contributed by atoms with Crippen LogP contribution in [0.4, 0.5) is 4.79 Å². The van der Waals surface area contributed by atoms with E-state index in [-0.39, 0.29) is 37.9 Å². The van der Waals surface area contributed by atoms with E-state index in [2.05, 4.69) is 0 Å². The number of likely N-dealkylation sites (tertiary alicyclic amines) is 1. The topological polar surface area (TPSA) is 95.7 Å². The number of aliphatic carboxylic acids is 1. The zero-order valence-electron chi connectivity index (χ0n) is 11.4. The Bertz CT molecular complexity index is 317. The van der Waals surface area contributed by atoms with E-state index in [0.29, 0.717) is 6.42 Å². The van der Waals surface area contributed by atoms with Crippen molar-refractivity contribution >= 4 is 12.1 Å². The molecule has 1 amide bonds. The van der Waals surface area contributed by atoms with Gasteiger partial charge >= 0.3 is 25.0 Å². The van der Waals surface area contributed by atoms with Gasteiger partial charge in [-0.2, -0.15) is 0 Å². The van der Waals surface area contributed by atoms with Gasteiger partial charge < -0.3 is 20.4 Å². The monoisotopic (exact) mass is 250 g/mol. The largest absolute Gasteiger partial charge is 1.00 e. The van der Waals surface area contributed by atoms with Gasteiger partial charge in [-0.05, 0) is 33.6 Å². The Morgan fingerprint density at radius 1 is 1.39 bits per heavy atom. The molecule has 1 fully saturated rings. The van der Waals surface area contributed by atoms with Gasteiger partial charge in [-0.1, -0.05) is 0 Å². The molecule has 0 spiro atoms. The fourth-order valence-corrected chi connectivity index (χ4v) is 1.76. The van der Waals surface area contributed by atoms with Crippen molar-refractivity contribution < 1.29 is 38.3 Å². The molecule has 0 aliphatic carbocycles. The van der Waals surface area contributed by atoms with Crippen LogP contribution in [0.1, 0.15) is 33.6 Å². The van der Waals surface area contributed by atoms with Crippen molar-refractivity contribution in [3.8, 4) is 0 Å². The first-order valence-electron chi connectivity index (χ1n) is 5.67. The van der Waals surface area contributed by atoms with Crippen LogP contribution in [0.15, 0.2) is 0 Å². The predicted molar refractivity (Wildman–Crippen MR) is 58.9 cm³/mol. The molecule has 0 aromatic carbocycles. The van der Waals surface area contributed by atoms with Gasteiger partial charge in [0.15, 0.2) is 0 Å². The van der Waals surface area contributed by atoms with Crippen LogP contribution in [0.5, 0.6) is 0 Å². The average Bonchev–Trinajstić information content (AvgIpc) is 2.14. The molecule has 18 heavy (non-hydrogen) atoms. The van der Waals surface area contributed by atoms with Gasteiger partial charge in [-0.25, -0.2) is 4.79 Å². The number of amides is 1. The van der Waals surface area contributed by atoms with Crippen molar-refractivity contribution in [2.75, 3.05) is 6.54 Å². The summed E-state index contributed by atoms with van der Waals surface area (Å²) in [7, 11) is 0. The summed E-state index contributed by atoms with van der Waals surface area (Å²) in [6, 6.07) is -1.20. The van der Waals surface area contributed by atoms with E-state index < -0.39 is 23.7 Å². The molecule has 2 atom stereocenters. The molecule has 1 rings (SSSR count). The van der Waals surface area contributed by atoms with Crippen LogP contribution >= 0.6 is 0 Å². The second-order valence-electron chi connectivity index (χ2n) is 5.29. The second kappa shape index (κ2) is 6.46. The number of hydrogen-bond acceptors (Lipinski definition) is 5. The zero-order valence-corrected chi connectivity index (χ0v) is 11.4. The molecular formula is C11H19LiN2O4. The second-order valence-corrected chi connectivity index (χ2v) is 5.29. The molecule has 1 aliphatic rings. The fourth-order valence-electron chi connectivity index (χ4n) is 1.76. The number of carbonyl (C=O) groups excluding carboxylic acids is 2. The third-order valence-corrected chi connectivity index (χ3v) is 2.54. The minimum absolute atomic E-state index is 0. The van der Waals surface area contributed by atoms with E-state index in [0.717, 1.165) is 0 Å². The number of piperidine rings is 1. The maximum Gasteiger partial charge on any atom is 1.00 e. The van der Waals surface area contributed by atoms with Gasteiger partial charge in [0.25, 0.3) is 0 Å². The van der Waals surface area contributed by atoms with E-state index in [1.807, 2.05) is 0 Å². The van der Waals surface area contributed by atoms with Gasteiger partial charge in [-0.15, -0.1) is 0 Å². The molecule has 1 heterocycles. The molecule has 0 unspecified atom stereocenters. The minimum Gasteiger partial charge on any atom is -0.548 e. The van der Waals surface area contributed by atoms with E-state index in [1.165, 1.54) is 4.90 Å². The molecule has 0 saturated carbocycles. The van der Waals surface area contributed by atoms with Crippen molar-refractivity contribution in [2.24, 2.45) is 5.73 Å². The normalized spacial score (nSPS) is 24.1. The molecule has 0 bridgehead atoms. The molecule has 0 aromatic heterocycles. The van der Waals surface area contributed by atoms with Crippen LogP contribution in [0.3, 0.4) is 0 Å². The summed E-state index contributed by atoms with van der Waals surface area (Å²) in [4.78, 5) is 24.0. The van der Waals surface area contributed by atoms with Gasteiger partial charge in [0, 0.05) is 12.6 Å². The Labute approximate surface area is 119 Å². The van der Waals surface area contributed by atoms with Gasteiger partial charge in [-0.3, -0.25) is 4.90 Å². The standard InChI is InChI=1S/C11H20N2O4.Li/c1-11(2,3)17-10(16)13-5-4-7(12)6-8(13)9(14)15;/h7-8H,4-6,12H2,1-3H3,(H,14,15);/q;+1/p-1/t7-,8-;/m1./s1. The van der Waals surface area contributed by atoms with Crippen LogP contribution in [-0.4, -0.2) is 41.2 Å². The van der Waals surface area contributed by atoms with Crippen LogP contribution in [0.2, 0.25) is 0 Å². The van der Waals surface area contributed by atoms with Gasteiger partial charge in [0.2, 0.25) is 0 Å². The van der Waals surface area contributed by atoms with Crippen molar-refractivity contribution in [3.05, 3.63) is 0 Å². The predicted octanol–water partition coefficient (Wildman–Crippen LogP) is -3.53. The fraction of sp³-hybridized carbons (Fsp3) is 0.818. The average molecular weight is 250 g/mol. The van der Waals surface area contributed by atoms with Gasteiger partial charge in [0.05, 0.1) is 12.0 Å². The first kappa shape index (κ1) is 17.3. The summed E-state index contributed by atoms with van der Waals surface area (Å²) < 4.78 is 5.15. The summed E-state index contributed by atoms with van der Waals surface area (Å²) >= 11 is 0. The Morgan fingerprint density at radius 3 is 2.39 bits per heavy atom. The molecule has 2 N–H and O–H groups in total. The molecule has 0 aromatic rings. The molecular weight excluding hydrogens is 231 g/mol. The maximum atomic E-state index is 11.8. The third kappa shape index (κ3) is 4.89. The van der Waals surface area contributed by atoms with E-state index in [1.54, 1.807) is 20.8 Å². The minimum atomic E-state index is -1.29. The van der Waals surface area contributed by atoms with E-state index in [9.17, 15) is 14.7 Å². The number of ether oxygens (including phenoxy) is 1. The molecule has 98 valence electrons. The quantitative estimate of drug-likeness (QED) is 0.486. The Balaban J connectivity index is 0.00000289. The zero-order chi connectivity index (χ0) is 13.2. The van der Waals surface area contributed by atoms with Gasteiger partial charge in [0.1, 0.15) is 5.60 Å². The molecule has 7 heteroatoms. The molecule has 1 aliphatic heterocycles. The van der Waals surface area contributed by atoms with Crippen LogP contribution in [0.25, 0.3) is 0 Å². The molecule has 0 radical (unpaired) electrons. The summed E-state index contributed by atoms with van der Waals surface area (Å²) in [6.45, 7) is 5.48. The maximum absolute atomic E-state index is 11.8. The Morgan fingerprint density at radius 2 is 1.94 bits per heavy atom. The number of carboxylic acids is 1. The van der Waals surface area contributed by atoms with Crippen LogP contribution in [0, 0.1) is 0 Å². The smallest absolute Gasteiger partial charge is 0.548 e. The SMILES string of the molecule is CC(C)(C)OC(=O)N1CC[C@@H](N)C[C@@H]1C(=O)[O-].[Li+]. The van der Waals surface area contributed by atoms with E-state index >= 15 is 0 Å². The van der Waals surface area contributed by atoms with Crippen molar-refractivity contribution in [1.29, 1.82) is 0 Å². The van der Waals surface area contributed by atoms with E-state index in [4.69, 9.17) is 10.5 Å². The number of hydrogen-bond donors (Lipinski definition) is 1. The Hall–Kier alpha value is -0.703. The van der Waals surface area contributed by atoms with Crippen LogP contribution < -0.4 is 29.7 Å². The number of rotatable bonds is 1. The first-order valence-corrected chi connectivity index (χ1v) is 5.67. The van der Waals surface area contributed by atoms with Crippen molar-refractivity contribution in [1.82, 2.24) is 4.90 Å². The number of carboxylic acid groups (broad SMARTS) is 1. The van der Waals surface area contributed by atoms with Crippen LogP contribution in [-0.2, 0) is 9.53 Å². The number of nitrogens with two attached hydrogens (primary N) is 1. The molecule has 1 saturated heterocycles. The Kier molecular flexibility index (Phi) is 6.21. The number of nitrogens with zero attached hydrogens (tertiary/aromatic N) is 1. The summed E-state index contributed by atoms with van der Waals surface area (Å²) in [6.07, 6.45) is 0.156. The van der Waals surface area contributed by atoms with Crippen molar-refractivity contribution in [3.63, 3.8) is 0 Å². The summed E-state index contributed by atoms with van der Waals surface area (Å²) in [5, 5.41) is 11.0. The van der Waals surface area contributed by atoms with Crippen molar-refractivity contribution in [2.45, 2.75) is 51.3 Å². The molecule has 6 nitrogen and oxygen atoms in total.